The number of ether oxygens (including phenoxy) is 1. The average Bonchev–Trinajstić information content (AvgIpc) is 3.29. The number of aliphatic hydroxyl groups excluding tert-OH is 1. The second kappa shape index (κ2) is 8.31. The number of methoxy groups -OCH3 is 1. The van der Waals surface area contributed by atoms with E-state index in [4.69, 9.17) is 9.15 Å². The molecular formula is C21H24N2O5. The smallest absolute Gasteiger partial charge is 0.295 e. The van der Waals surface area contributed by atoms with Gasteiger partial charge < -0.3 is 24.1 Å². The van der Waals surface area contributed by atoms with Crippen LogP contribution in [0.2, 0.25) is 0 Å². The van der Waals surface area contributed by atoms with Gasteiger partial charge in [-0.2, -0.15) is 0 Å². The largest absolute Gasteiger partial charge is 0.507 e. The fourth-order valence-corrected chi connectivity index (χ4v) is 3.34. The normalized spacial score (nSPS) is 18.9. The third kappa shape index (κ3) is 3.80. The Labute approximate surface area is 163 Å². The predicted octanol–water partition coefficient (Wildman–Crippen LogP) is 2.66. The number of amides is 1. The molecule has 1 aromatic heterocycles. The van der Waals surface area contributed by atoms with Crippen molar-refractivity contribution in [2.75, 3.05) is 34.3 Å². The van der Waals surface area contributed by atoms with Crippen molar-refractivity contribution in [3.63, 3.8) is 0 Å². The lowest BCUT2D eigenvalue weighted by atomic mass is 9.99. The minimum atomic E-state index is -0.761. The van der Waals surface area contributed by atoms with Gasteiger partial charge in [0, 0.05) is 12.1 Å². The molecule has 0 aliphatic carbocycles. The van der Waals surface area contributed by atoms with Crippen LogP contribution in [-0.4, -0.2) is 60.9 Å². The first-order chi connectivity index (χ1) is 13.4. The zero-order valence-corrected chi connectivity index (χ0v) is 16.2. The van der Waals surface area contributed by atoms with Crippen LogP contribution in [0.3, 0.4) is 0 Å². The number of benzene rings is 1. The van der Waals surface area contributed by atoms with E-state index in [-0.39, 0.29) is 11.3 Å². The summed E-state index contributed by atoms with van der Waals surface area (Å²) in [7, 11) is 5.41. The predicted molar refractivity (Wildman–Crippen MR) is 104 cm³/mol. The Hall–Kier alpha value is -3.06. The maximum absolute atomic E-state index is 12.8. The quantitative estimate of drug-likeness (QED) is 0.449. The number of likely N-dealkylation sites (tertiary alicyclic amines) is 1. The van der Waals surface area contributed by atoms with Crippen LogP contribution in [0.15, 0.2) is 52.7 Å². The molecule has 1 N–H and O–H groups in total. The number of ketones is 1. The van der Waals surface area contributed by atoms with E-state index in [1.54, 1.807) is 36.4 Å². The summed E-state index contributed by atoms with van der Waals surface area (Å²) in [4.78, 5) is 29.0. The second-order valence-corrected chi connectivity index (χ2v) is 6.90. The van der Waals surface area contributed by atoms with Crippen molar-refractivity contribution in [1.82, 2.24) is 9.80 Å². The van der Waals surface area contributed by atoms with Crippen molar-refractivity contribution in [3.8, 4) is 5.75 Å². The van der Waals surface area contributed by atoms with Crippen molar-refractivity contribution in [3.05, 3.63) is 59.6 Å². The minimum absolute atomic E-state index is 0.0260. The van der Waals surface area contributed by atoms with Gasteiger partial charge in [0.2, 0.25) is 0 Å². The van der Waals surface area contributed by atoms with Gasteiger partial charge >= 0.3 is 0 Å². The van der Waals surface area contributed by atoms with Crippen LogP contribution in [0.1, 0.15) is 23.8 Å². The summed E-state index contributed by atoms with van der Waals surface area (Å²) in [5, 5.41) is 10.9. The van der Waals surface area contributed by atoms with Crippen molar-refractivity contribution in [1.29, 1.82) is 0 Å². The Morgan fingerprint density at radius 1 is 1.25 bits per heavy atom. The second-order valence-electron chi connectivity index (χ2n) is 6.90. The van der Waals surface area contributed by atoms with Crippen molar-refractivity contribution >= 4 is 17.4 Å². The molecule has 7 heteroatoms. The SMILES string of the molecule is COc1cccc(/C(O)=C2\C(=O)C(=O)N(CCCN(C)C)C2c2ccco2)c1. The number of furan rings is 1. The summed E-state index contributed by atoms with van der Waals surface area (Å²) in [5.41, 5.74) is 0.431. The Morgan fingerprint density at radius 3 is 2.68 bits per heavy atom. The fourth-order valence-electron chi connectivity index (χ4n) is 3.34. The molecule has 28 heavy (non-hydrogen) atoms. The van der Waals surface area contributed by atoms with Gasteiger partial charge in [0.1, 0.15) is 23.3 Å². The van der Waals surface area contributed by atoms with Gasteiger partial charge in [-0.3, -0.25) is 9.59 Å². The molecule has 1 fully saturated rings. The van der Waals surface area contributed by atoms with Crippen LogP contribution in [0.4, 0.5) is 0 Å². The third-order valence-corrected chi connectivity index (χ3v) is 4.70. The van der Waals surface area contributed by atoms with Crippen LogP contribution >= 0.6 is 0 Å². The average molecular weight is 384 g/mol. The molecule has 2 heterocycles. The summed E-state index contributed by atoms with van der Waals surface area (Å²) in [6.07, 6.45) is 2.18. The number of Topliss-reactive ketones (excluding diaryl/α,β-unsaturated/α-hetero) is 1. The van der Waals surface area contributed by atoms with Gasteiger partial charge in [-0.25, -0.2) is 0 Å². The number of carbonyl (C=O) groups excluding carboxylic acids is 2. The summed E-state index contributed by atoms with van der Waals surface area (Å²) in [5.74, 6) is -0.614. The highest BCUT2D eigenvalue weighted by Crippen LogP contribution is 2.39. The maximum Gasteiger partial charge on any atom is 0.295 e. The first-order valence-electron chi connectivity index (χ1n) is 9.05. The molecule has 0 spiro atoms. The summed E-state index contributed by atoms with van der Waals surface area (Å²) >= 11 is 0. The molecule has 1 atom stereocenters. The van der Waals surface area contributed by atoms with Gasteiger partial charge in [-0.15, -0.1) is 0 Å². The lowest BCUT2D eigenvalue weighted by Gasteiger charge is -2.24. The van der Waals surface area contributed by atoms with Crippen molar-refractivity contribution in [2.45, 2.75) is 12.5 Å². The van der Waals surface area contributed by atoms with E-state index < -0.39 is 17.7 Å². The Bertz CT molecular complexity index is 886. The molecule has 3 rings (SSSR count). The highest BCUT2D eigenvalue weighted by atomic mass is 16.5. The first-order valence-corrected chi connectivity index (χ1v) is 9.05. The molecule has 1 unspecified atom stereocenters. The van der Waals surface area contributed by atoms with E-state index in [0.29, 0.717) is 30.0 Å². The van der Waals surface area contributed by atoms with Crippen LogP contribution in [0, 0.1) is 0 Å². The van der Waals surface area contributed by atoms with Crippen LogP contribution in [0.5, 0.6) is 5.75 Å². The number of aliphatic hydroxyl groups is 1. The number of nitrogens with zero attached hydrogens (tertiary/aromatic N) is 2. The zero-order chi connectivity index (χ0) is 20.3. The van der Waals surface area contributed by atoms with E-state index >= 15 is 0 Å². The Morgan fingerprint density at radius 2 is 2.04 bits per heavy atom. The van der Waals surface area contributed by atoms with Gasteiger partial charge in [0.25, 0.3) is 11.7 Å². The van der Waals surface area contributed by atoms with E-state index in [0.717, 1.165) is 6.54 Å². The van der Waals surface area contributed by atoms with E-state index in [1.807, 2.05) is 19.0 Å². The topological polar surface area (TPSA) is 83.2 Å². The van der Waals surface area contributed by atoms with Gasteiger partial charge in [-0.1, -0.05) is 12.1 Å². The molecule has 0 radical (unpaired) electrons. The number of carbonyl (C=O) groups is 2. The van der Waals surface area contributed by atoms with Gasteiger partial charge in [-0.05, 0) is 51.3 Å². The Balaban J connectivity index is 2.04. The third-order valence-electron chi connectivity index (χ3n) is 4.70. The van der Waals surface area contributed by atoms with Crippen LogP contribution in [-0.2, 0) is 9.59 Å². The number of hydrogen-bond donors (Lipinski definition) is 1. The van der Waals surface area contributed by atoms with Crippen molar-refractivity contribution in [2.24, 2.45) is 0 Å². The zero-order valence-electron chi connectivity index (χ0n) is 16.2. The number of rotatable bonds is 7. The maximum atomic E-state index is 12.8. The molecule has 2 aromatic rings. The molecule has 1 aliphatic heterocycles. The molecule has 7 nitrogen and oxygen atoms in total. The molecule has 148 valence electrons. The summed E-state index contributed by atoms with van der Waals surface area (Å²) in [6.45, 7) is 1.15. The highest BCUT2D eigenvalue weighted by molar-refractivity contribution is 6.46. The molecule has 1 aromatic carbocycles. The molecule has 1 aliphatic rings. The van der Waals surface area contributed by atoms with Crippen LogP contribution < -0.4 is 4.74 Å². The standard InChI is InChI=1S/C21H24N2O5/c1-22(2)10-6-11-23-18(16-9-5-12-28-16)17(20(25)21(23)26)19(24)14-7-4-8-15(13-14)27-3/h4-5,7-9,12-13,18,24H,6,10-11H2,1-3H3/b19-17+. The molecule has 1 amide bonds. The molecule has 0 bridgehead atoms. The first kappa shape index (κ1) is 19.7. The highest BCUT2D eigenvalue weighted by Gasteiger charge is 2.47. The molecule has 1 saturated heterocycles. The van der Waals surface area contributed by atoms with E-state index in [2.05, 4.69) is 0 Å². The van der Waals surface area contributed by atoms with Gasteiger partial charge in [0.15, 0.2) is 0 Å². The summed E-state index contributed by atoms with van der Waals surface area (Å²) < 4.78 is 10.7. The Kier molecular flexibility index (Phi) is 5.84. The molecular weight excluding hydrogens is 360 g/mol. The van der Waals surface area contributed by atoms with Gasteiger partial charge in [0.05, 0.1) is 18.9 Å². The summed E-state index contributed by atoms with van der Waals surface area (Å²) in [6, 6.07) is 9.37. The van der Waals surface area contributed by atoms with Crippen LogP contribution in [0.25, 0.3) is 5.76 Å². The van der Waals surface area contributed by atoms with E-state index in [9.17, 15) is 14.7 Å². The minimum Gasteiger partial charge on any atom is -0.507 e. The van der Waals surface area contributed by atoms with Crippen molar-refractivity contribution < 1.29 is 23.8 Å². The lowest BCUT2D eigenvalue weighted by Crippen LogP contribution is -2.32. The fraction of sp³-hybridized carbons (Fsp3) is 0.333. The van der Waals surface area contributed by atoms with E-state index in [1.165, 1.54) is 18.3 Å². The number of hydrogen-bond acceptors (Lipinski definition) is 6. The monoisotopic (exact) mass is 384 g/mol. The lowest BCUT2D eigenvalue weighted by molar-refractivity contribution is -0.140. The molecule has 0 saturated carbocycles.